The number of hydrogen-bond acceptors (Lipinski definition) is 4. The van der Waals surface area contributed by atoms with Crippen molar-refractivity contribution in [2.24, 2.45) is 0 Å². The number of rotatable bonds is 7. The number of aromatic nitrogens is 1. The molecule has 0 fully saturated rings. The number of amides is 1. The molecule has 1 atom stereocenters. The monoisotopic (exact) mass is 514 g/mol. The lowest BCUT2D eigenvalue weighted by Gasteiger charge is -2.18. The third-order valence-corrected chi connectivity index (χ3v) is 5.88. The normalized spacial score (nSPS) is 12.4. The van der Waals surface area contributed by atoms with E-state index in [-0.39, 0.29) is 17.3 Å². The number of phenols is 1. The Morgan fingerprint density at radius 1 is 1.06 bits per heavy atom. The molecule has 2 N–H and O–H groups in total. The second-order valence-electron chi connectivity index (χ2n) is 8.17. The highest BCUT2D eigenvalue weighted by molar-refractivity contribution is 6.30. The van der Waals surface area contributed by atoms with Crippen LogP contribution in [-0.4, -0.2) is 16.0 Å². The van der Waals surface area contributed by atoms with E-state index in [0.717, 1.165) is 12.1 Å². The second kappa shape index (κ2) is 10.5. The van der Waals surface area contributed by atoms with Crippen molar-refractivity contribution >= 4 is 23.4 Å². The topological polar surface area (TPSA) is 75.4 Å². The van der Waals surface area contributed by atoms with Crippen molar-refractivity contribution in [2.75, 3.05) is 5.32 Å². The summed E-state index contributed by atoms with van der Waals surface area (Å²) < 4.78 is 45.1. The van der Waals surface area contributed by atoms with Gasteiger partial charge in [0.2, 0.25) is 17.7 Å². The minimum absolute atomic E-state index is 0.0775. The fourth-order valence-corrected chi connectivity index (χ4v) is 3.97. The van der Waals surface area contributed by atoms with Crippen LogP contribution in [0.15, 0.2) is 77.2 Å². The number of halogens is 4. The number of oxazole rings is 1. The van der Waals surface area contributed by atoms with Gasteiger partial charge in [-0.15, -0.1) is 0 Å². The number of nitrogens with one attached hydrogen (secondary N) is 1. The van der Waals surface area contributed by atoms with Gasteiger partial charge in [-0.2, -0.15) is 13.2 Å². The summed E-state index contributed by atoms with van der Waals surface area (Å²) in [5.74, 6) is -1.70. The van der Waals surface area contributed by atoms with Crippen molar-refractivity contribution in [3.63, 3.8) is 0 Å². The molecule has 4 rings (SSSR count). The van der Waals surface area contributed by atoms with E-state index in [4.69, 9.17) is 16.0 Å². The standard InChI is InChI=1S/C27H22ClF3N2O3/c1-2-6-21(20-14-11-18(15-22(20)34)27(29,30)31)24(35)33-26-23(16-9-12-19(28)13-10-16)32-25(36-26)17-7-4-3-5-8-17/h3-5,7-15,21,34H,2,6H2,1H3,(H,33,35). The van der Waals surface area contributed by atoms with Crippen molar-refractivity contribution < 1.29 is 27.5 Å². The van der Waals surface area contributed by atoms with Crippen LogP contribution < -0.4 is 5.32 Å². The Balaban J connectivity index is 1.71. The van der Waals surface area contributed by atoms with Gasteiger partial charge in [0, 0.05) is 21.7 Å². The van der Waals surface area contributed by atoms with Gasteiger partial charge in [-0.25, -0.2) is 4.98 Å². The number of benzene rings is 3. The molecule has 186 valence electrons. The number of aromatic hydroxyl groups is 1. The number of hydrogen-bond donors (Lipinski definition) is 2. The van der Waals surface area contributed by atoms with Gasteiger partial charge in [0.15, 0.2) is 0 Å². The van der Waals surface area contributed by atoms with E-state index in [1.165, 1.54) is 0 Å². The zero-order valence-electron chi connectivity index (χ0n) is 19.1. The van der Waals surface area contributed by atoms with Gasteiger partial charge in [0.25, 0.3) is 0 Å². The largest absolute Gasteiger partial charge is 0.508 e. The van der Waals surface area contributed by atoms with E-state index in [0.29, 0.717) is 40.8 Å². The average Bonchev–Trinajstić information content (AvgIpc) is 3.27. The molecule has 5 nitrogen and oxygen atoms in total. The Labute approximate surface area is 210 Å². The van der Waals surface area contributed by atoms with Crippen LogP contribution in [0, 0.1) is 0 Å². The molecule has 0 aliphatic heterocycles. The van der Waals surface area contributed by atoms with Gasteiger partial charge < -0.3 is 9.52 Å². The molecule has 0 saturated carbocycles. The summed E-state index contributed by atoms with van der Waals surface area (Å²) in [6.45, 7) is 1.84. The van der Waals surface area contributed by atoms with Gasteiger partial charge in [-0.1, -0.05) is 61.3 Å². The lowest BCUT2D eigenvalue weighted by molar-refractivity contribution is -0.137. The molecular formula is C27H22ClF3N2O3. The predicted molar refractivity (Wildman–Crippen MR) is 132 cm³/mol. The fourth-order valence-electron chi connectivity index (χ4n) is 3.84. The van der Waals surface area contributed by atoms with Gasteiger partial charge in [-0.05, 0) is 42.8 Å². The molecule has 4 aromatic rings. The number of carbonyl (C=O) groups is 1. The summed E-state index contributed by atoms with van der Waals surface area (Å²) in [5, 5.41) is 13.6. The van der Waals surface area contributed by atoms with Crippen LogP contribution in [0.2, 0.25) is 5.02 Å². The van der Waals surface area contributed by atoms with Crippen molar-refractivity contribution in [2.45, 2.75) is 31.9 Å². The molecule has 0 spiro atoms. The third-order valence-electron chi connectivity index (χ3n) is 5.63. The van der Waals surface area contributed by atoms with Crippen LogP contribution in [0.3, 0.4) is 0 Å². The average molecular weight is 515 g/mol. The first-order valence-electron chi connectivity index (χ1n) is 11.2. The molecule has 0 saturated heterocycles. The molecule has 1 heterocycles. The molecule has 1 amide bonds. The summed E-state index contributed by atoms with van der Waals surface area (Å²) in [5.41, 5.74) is 0.805. The Morgan fingerprint density at radius 3 is 2.36 bits per heavy atom. The third kappa shape index (κ3) is 5.54. The minimum atomic E-state index is -4.61. The molecule has 9 heteroatoms. The number of carbonyl (C=O) groups excluding carboxylic acids is 1. The lowest BCUT2D eigenvalue weighted by atomic mass is 9.91. The molecule has 0 aliphatic carbocycles. The minimum Gasteiger partial charge on any atom is -0.508 e. The summed E-state index contributed by atoms with van der Waals surface area (Å²) in [7, 11) is 0. The highest BCUT2D eigenvalue weighted by atomic mass is 35.5. The van der Waals surface area contributed by atoms with Crippen molar-refractivity contribution in [1.82, 2.24) is 4.98 Å². The van der Waals surface area contributed by atoms with Crippen molar-refractivity contribution in [3.05, 3.63) is 88.9 Å². The maximum Gasteiger partial charge on any atom is 0.416 e. The summed E-state index contributed by atoms with van der Waals surface area (Å²) >= 11 is 6.01. The zero-order valence-corrected chi connectivity index (χ0v) is 19.9. The maximum absolute atomic E-state index is 13.4. The number of anilines is 1. The van der Waals surface area contributed by atoms with Gasteiger partial charge in [0.05, 0.1) is 11.5 Å². The van der Waals surface area contributed by atoms with Crippen LogP contribution in [0.5, 0.6) is 5.75 Å². The molecule has 1 unspecified atom stereocenters. The number of nitrogens with zero attached hydrogens (tertiary/aromatic N) is 1. The molecule has 0 bridgehead atoms. The first kappa shape index (κ1) is 25.3. The van der Waals surface area contributed by atoms with E-state index >= 15 is 0 Å². The first-order chi connectivity index (χ1) is 17.2. The van der Waals surface area contributed by atoms with Crippen molar-refractivity contribution in [3.8, 4) is 28.5 Å². The second-order valence-corrected chi connectivity index (χ2v) is 8.61. The van der Waals surface area contributed by atoms with E-state index in [9.17, 15) is 23.1 Å². The van der Waals surface area contributed by atoms with Crippen LogP contribution >= 0.6 is 11.6 Å². The van der Waals surface area contributed by atoms with E-state index < -0.39 is 29.3 Å². The van der Waals surface area contributed by atoms with Crippen molar-refractivity contribution in [1.29, 1.82) is 0 Å². The van der Waals surface area contributed by atoms with Crippen LogP contribution in [0.4, 0.5) is 19.1 Å². The SMILES string of the molecule is CCCC(C(=O)Nc1oc(-c2ccccc2)nc1-c1ccc(Cl)cc1)c1ccc(C(F)(F)F)cc1O. The maximum atomic E-state index is 13.4. The molecular weight excluding hydrogens is 493 g/mol. The summed E-state index contributed by atoms with van der Waals surface area (Å²) in [6, 6.07) is 18.6. The fraction of sp³-hybridized carbons (Fsp3) is 0.185. The quantitative estimate of drug-likeness (QED) is 0.263. The summed E-state index contributed by atoms with van der Waals surface area (Å²) in [4.78, 5) is 17.9. The van der Waals surface area contributed by atoms with E-state index in [2.05, 4.69) is 10.3 Å². The van der Waals surface area contributed by atoms with Gasteiger partial charge in [0.1, 0.15) is 11.4 Å². The highest BCUT2D eigenvalue weighted by Crippen LogP contribution is 2.38. The molecule has 36 heavy (non-hydrogen) atoms. The van der Waals surface area contributed by atoms with E-state index in [1.54, 1.807) is 24.3 Å². The van der Waals surface area contributed by atoms with Crippen LogP contribution in [-0.2, 0) is 11.0 Å². The van der Waals surface area contributed by atoms with Gasteiger partial charge in [-0.3, -0.25) is 10.1 Å². The molecule has 3 aromatic carbocycles. The Hall–Kier alpha value is -3.78. The van der Waals surface area contributed by atoms with Crippen LogP contribution in [0.25, 0.3) is 22.7 Å². The summed E-state index contributed by atoms with van der Waals surface area (Å²) in [6.07, 6.45) is -3.77. The Bertz CT molecular complexity index is 1350. The number of alkyl halides is 3. The lowest BCUT2D eigenvalue weighted by Crippen LogP contribution is -2.21. The highest BCUT2D eigenvalue weighted by Gasteiger charge is 2.33. The Morgan fingerprint density at radius 2 is 1.75 bits per heavy atom. The molecule has 0 radical (unpaired) electrons. The van der Waals surface area contributed by atoms with Crippen LogP contribution in [0.1, 0.15) is 36.8 Å². The van der Waals surface area contributed by atoms with E-state index in [1.807, 2.05) is 37.3 Å². The van der Waals surface area contributed by atoms with Gasteiger partial charge >= 0.3 is 6.18 Å². The Kier molecular flexibility index (Phi) is 7.35. The molecule has 1 aromatic heterocycles. The molecule has 0 aliphatic rings. The smallest absolute Gasteiger partial charge is 0.416 e. The first-order valence-corrected chi connectivity index (χ1v) is 11.6. The number of phenolic OH excluding ortho intramolecular Hbond substituents is 1. The predicted octanol–water partition coefficient (Wildman–Crippen LogP) is 7.91. The zero-order chi connectivity index (χ0) is 25.9.